The molecular formula is C15H20F2N4O2. The van der Waals surface area contributed by atoms with Crippen LogP contribution in [-0.2, 0) is 16.1 Å². The van der Waals surface area contributed by atoms with Gasteiger partial charge in [0.25, 0.3) is 6.43 Å². The minimum atomic E-state index is -2.61. The van der Waals surface area contributed by atoms with Gasteiger partial charge in [-0.05, 0) is 26.3 Å². The first-order valence-corrected chi connectivity index (χ1v) is 7.32. The van der Waals surface area contributed by atoms with E-state index in [1.54, 1.807) is 21.0 Å². The number of hydrogen-bond donors (Lipinski definition) is 1. The van der Waals surface area contributed by atoms with Crippen LogP contribution in [0.3, 0.4) is 0 Å². The molecule has 6 nitrogen and oxygen atoms in total. The highest BCUT2D eigenvalue weighted by molar-refractivity contribution is 5.84. The number of alkyl halides is 2. The number of rotatable bonds is 7. The molecule has 0 bridgehead atoms. The molecule has 23 heavy (non-hydrogen) atoms. The first-order valence-electron chi connectivity index (χ1n) is 7.32. The molecule has 0 saturated heterocycles. The van der Waals surface area contributed by atoms with E-state index in [0.29, 0.717) is 42.0 Å². The van der Waals surface area contributed by atoms with Crippen LogP contribution in [0.2, 0.25) is 0 Å². The average molecular weight is 326 g/mol. The third-order valence-electron chi connectivity index (χ3n) is 3.41. The first-order chi connectivity index (χ1) is 10.9. The number of methoxy groups -OCH3 is 1. The predicted octanol–water partition coefficient (Wildman–Crippen LogP) is 2.14. The molecule has 0 unspecified atom stereocenters. The van der Waals surface area contributed by atoms with Crippen molar-refractivity contribution in [2.45, 2.75) is 33.2 Å². The van der Waals surface area contributed by atoms with Gasteiger partial charge in [0, 0.05) is 31.5 Å². The minimum Gasteiger partial charge on any atom is -0.385 e. The summed E-state index contributed by atoms with van der Waals surface area (Å²) in [6.07, 6.45) is -1.91. The number of halogens is 2. The van der Waals surface area contributed by atoms with Crippen molar-refractivity contribution in [2.24, 2.45) is 0 Å². The second kappa shape index (κ2) is 7.45. The summed E-state index contributed by atoms with van der Waals surface area (Å²) in [5.41, 5.74) is 1.12. The van der Waals surface area contributed by atoms with Crippen molar-refractivity contribution in [2.75, 3.05) is 20.3 Å². The molecule has 2 rings (SSSR count). The molecule has 0 radical (unpaired) electrons. The van der Waals surface area contributed by atoms with Crippen LogP contribution in [0.1, 0.15) is 29.8 Å². The van der Waals surface area contributed by atoms with Gasteiger partial charge in [-0.25, -0.2) is 18.4 Å². The quantitative estimate of drug-likeness (QED) is 0.792. The maximum absolute atomic E-state index is 13.2. The Labute approximate surface area is 132 Å². The Kier molecular flexibility index (Phi) is 5.59. The summed E-state index contributed by atoms with van der Waals surface area (Å²) in [6, 6.07) is 1.36. The number of hydrogen-bond acceptors (Lipinski definition) is 4. The lowest BCUT2D eigenvalue weighted by atomic mass is 10.1. The van der Waals surface area contributed by atoms with Crippen molar-refractivity contribution in [3.05, 3.63) is 23.0 Å². The van der Waals surface area contributed by atoms with Crippen LogP contribution in [-0.4, -0.2) is 40.9 Å². The standard InChI is InChI=1S/C15H20F2N4O2/c1-9-7-11(14(16)17)13-10(2)20-21(15(13)19-9)8-12(22)18-5-4-6-23-3/h7,14H,4-6,8H2,1-3H3,(H,18,22). The normalized spacial score (nSPS) is 11.4. The monoisotopic (exact) mass is 326 g/mol. The average Bonchev–Trinajstić information content (AvgIpc) is 2.79. The maximum Gasteiger partial charge on any atom is 0.264 e. The summed E-state index contributed by atoms with van der Waals surface area (Å²) in [5, 5.41) is 7.25. The molecule has 0 aliphatic heterocycles. The molecule has 0 saturated carbocycles. The Balaban J connectivity index is 2.23. The molecule has 1 amide bonds. The van der Waals surface area contributed by atoms with Crippen molar-refractivity contribution in [3.63, 3.8) is 0 Å². The molecule has 126 valence electrons. The van der Waals surface area contributed by atoms with E-state index in [-0.39, 0.29) is 18.0 Å². The Morgan fingerprint density at radius 1 is 1.43 bits per heavy atom. The van der Waals surface area contributed by atoms with Crippen molar-refractivity contribution in [3.8, 4) is 0 Å². The van der Waals surface area contributed by atoms with Gasteiger partial charge in [0.05, 0.1) is 11.1 Å². The number of fused-ring (bicyclic) bond motifs is 1. The highest BCUT2D eigenvalue weighted by Gasteiger charge is 2.20. The summed E-state index contributed by atoms with van der Waals surface area (Å²) in [4.78, 5) is 16.2. The van der Waals surface area contributed by atoms with Gasteiger partial charge in [-0.1, -0.05) is 0 Å². The number of aryl methyl sites for hydroxylation is 2. The summed E-state index contributed by atoms with van der Waals surface area (Å²) in [5.74, 6) is -0.243. The largest absolute Gasteiger partial charge is 0.385 e. The van der Waals surface area contributed by atoms with E-state index in [4.69, 9.17) is 4.74 Å². The molecule has 2 aromatic heterocycles. The Bertz CT molecular complexity index is 700. The van der Waals surface area contributed by atoms with Gasteiger partial charge in [0.2, 0.25) is 5.91 Å². The number of nitrogens with zero attached hydrogens (tertiary/aromatic N) is 3. The number of carbonyl (C=O) groups is 1. The van der Waals surface area contributed by atoms with E-state index in [9.17, 15) is 13.6 Å². The molecule has 0 aliphatic rings. The van der Waals surface area contributed by atoms with E-state index >= 15 is 0 Å². The second-order valence-corrected chi connectivity index (χ2v) is 5.29. The third-order valence-corrected chi connectivity index (χ3v) is 3.41. The molecule has 0 spiro atoms. The van der Waals surface area contributed by atoms with E-state index < -0.39 is 6.43 Å². The van der Waals surface area contributed by atoms with Crippen LogP contribution < -0.4 is 5.32 Å². The fraction of sp³-hybridized carbons (Fsp3) is 0.533. The van der Waals surface area contributed by atoms with Crippen LogP contribution >= 0.6 is 0 Å². The van der Waals surface area contributed by atoms with Crippen molar-refractivity contribution in [1.29, 1.82) is 0 Å². The maximum atomic E-state index is 13.2. The van der Waals surface area contributed by atoms with Gasteiger partial charge < -0.3 is 10.1 Å². The first kappa shape index (κ1) is 17.3. The van der Waals surface area contributed by atoms with Gasteiger partial charge in [-0.2, -0.15) is 5.10 Å². The number of aromatic nitrogens is 3. The van der Waals surface area contributed by atoms with E-state index in [1.807, 2.05) is 0 Å². The number of nitrogens with one attached hydrogen (secondary N) is 1. The Morgan fingerprint density at radius 2 is 2.17 bits per heavy atom. The van der Waals surface area contributed by atoms with Crippen LogP contribution in [0.25, 0.3) is 11.0 Å². The molecule has 2 heterocycles. The third kappa shape index (κ3) is 4.01. The Morgan fingerprint density at radius 3 is 2.83 bits per heavy atom. The zero-order chi connectivity index (χ0) is 17.0. The lowest BCUT2D eigenvalue weighted by Gasteiger charge is -2.07. The lowest BCUT2D eigenvalue weighted by molar-refractivity contribution is -0.121. The lowest BCUT2D eigenvalue weighted by Crippen LogP contribution is -2.29. The number of carbonyl (C=O) groups excluding carboxylic acids is 1. The zero-order valence-corrected chi connectivity index (χ0v) is 13.4. The van der Waals surface area contributed by atoms with Crippen molar-refractivity contribution >= 4 is 16.9 Å². The molecule has 8 heteroatoms. The second-order valence-electron chi connectivity index (χ2n) is 5.29. The highest BCUT2D eigenvalue weighted by Crippen LogP contribution is 2.29. The van der Waals surface area contributed by atoms with Gasteiger partial charge in [-0.15, -0.1) is 0 Å². The molecule has 2 aromatic rings. The summed E-state index contributed by atoms with van der Waals surface area (Å²) < 4.78 is 32.7. The Hall–Kier alpha value is -2.09. The predicted molar refractivity (Wildman–Crippen MR) is 81.5 cm³/mol. The molecular weight excluding hydrogens is 306 g/mol. The summed E-state index contributed by atoms with van der Waals surface area (Å²) >= 11 is 0. The van der Waals surface area contributed by atoms with Crippen molar-refractivity contribution in [1.82, 2.24) is 20.1 Å². The SMILES string of the molecule is COCCCNC(=O)Cn1nc(C)c2c(C(F)F)cc(C)nc21. The van der Waals surface area contributed by atoms with E-state index in [1.165, 1.54) is 10.7 Å². The van der Waals surface area contributed by atoms with Gasteiger partial charge in [0.1, 0.15) is 6.54 Å². The van der Waals surface area contributed by atoms with Crippen LogP contribution in [0.15, 0.2) is 6.07 Å². The smallest absolute Gasteiger partial charge is 0.264 e. The number of pyridine rings is 1. The fourth-order valence-electron chi connectivity index (χ4n) is 2.44. The zero-order valence-electron chi connectivity index (χ0n) is 13.4. The van der Waals surface area contributed by atoms with E-state index in [0.717, 1.165) is 0 Å². The van der Waals surface area contributed by atoms with Gasteiger partial charge in [-0.3, -0.25) is 4.79 Å². The molecule has 1 N–H and O–H groups in total. The summed E-state index contributed by atoms with van der Waals surface area (Å²) in [7, 11) is 1.59. The number of amides is 1. The number of ether oxygens (including phenoxy) is 1. The molecule has 0 aromatic carbocycles. The van der Waals surface area contributed by atoms with Gasteiger partial charge >= 0.3 is 0 Å². The minimum absolute atomic E-state index is 0.0591. The topological polar surface area (TPSA) is 69.0 Å². The van der Waals surface area contributed by atoms with Crippen LogP contribution in [0.4, 0.5) is 8.78 Å². The molecule has 0 aliphatic carbocycles. The molecule has 0 fully saturated rings. The molecule has 0 atom stereocenters. The highest BCUT2D eigenvalue weighted by atomic mass is 19.3. The summed E-state index contributed by atoms with van der Waals surface area (Å²) in [6.45, 7) is 4.26. The van der Waals surface area contributed by atoms with Crippen molar-refractivity contribution < 1.29 is 18.3 Å². The van der Waals surface area contributed by atoms with E-state index in [2.05, 4.69) is 15.4 Å². The fourth-order valence-corrected chi connectivity index (χ4v) is 2.44. The van der Waals surface area contributed by atoms with Crippen LogP contribution in [0, 0.1) is 13.8 Å². The van der Waals surface area contributed by atoms with Gasteiger partial charge in [0.15, 0.2) is 5.65 Å². The van der Waals surface area contributed by atoms with Crippen LogP contribution in [0.5, 0.6) is 0 Å².